The van der Waals surface area contributed by atoms with Gasteiger partial charge in [-0.3, -0.25) is 0 Å². The predicted octanol–water partition coefficient (Wildman–Crippen LogP) is 3.08. The van der Waals surface area contributed by atoms with Crippen LogP contribution in [0.4, 0.5) is 13.2 Å². The Hall–Kier alpha value is -1.56. The minimum atomic E-state index is -4.45. The van der Waals surface area contributed by atoms with Crippen LogP contribution in [0.15, 0.2) is 24.3 Å². The SMILES string of the molecule is CC(C)(C)OC(=O)[C@@H](O)c1ccc(C(F)(F)F)cc1. The van der Waals surface area contributed by atoms with E-state index >= 15 is 0 Å². The minimum absolute atomic E-state index is 0.0576. The van der Waals surface area contributed by atoms with Crippen molar-refractivity contribution in [2.75, 3.05) is 0 Å². The number of carbonyl (C=O) groups excluding carboxylic acids is 1. The zero-order valence-electron chi connectivity index (χ0n) is 10.8. The summed E-state index contributed by atoms with van der Waals surface area (Å²) in [5, 5.41) is 9.69. The molecule has 0 heterocycles. The van der Waals surface area contributed by atoms with Crippen LogP contribution in [0.25, 0.3) is 0 Å². The van der Waals surface area contributed by atoms with Crippen LogP contribution in [0, 0.1) is 0 Å². The van der Waals surface area contributed by atoms with E-state index < -0.39 is 29.4 Å². The Morgan fingerprint density at radius 1 is 1.16 bits per heavy atom. The third-order valence-electron chi connectivity index (χ3n) is 2.18. The molecule has 1 atom stereocenters. The maximum Gasteiger partial charge on any atom is 0.416 e. The molecule has 19 heavy (non-hydrogen) atoms. The van der Waals surface area contributed by atoms with Crippen molar-refractivity contribution in [1.29, 1.82) is 0 Å². The molecule has 1 aromatic carbocycles. The van der Waals surface area contributed by atoms with Crippen molar-refractivity contribution in [1.82, 2.24) is 0 Å². The zero-order valence-corrected chi connectivity index (χ0v) is 10.8. The lowest BCUT2D eigenvalue weighted by Crippen LogP contribution is -2.27. The second-order valence-electron chi connectivity index (χ2n) is 5.06. The summed E-state index contributed by atoms with van der Waals surface area (Å²) in [5.74, 6) is -0.896. The average molecular weight is 276 g/mol. The standard InChI is InChI=1S/C13H15F3O3/c1-12(2,3)19-11(18)10(17)8-4-6-9(7-5-8)13(14,15)16/h4-7,10,17H,1-3H3/t10-/m0/s1. The van der Waals surface area contributed by atoms with Gasteiger partial charge in [-0.25, -0.2) is 4.79 Å². The average Bonchev–Trinajstić information content (AvgIpc) is 2.24. The summed E-state index contributed by atoms with van der Waals surface area (Å²) in [6, 6.07) is 3.72. The fraction of sp³-hybridized carbons (Fsp3) is 0.462. The molecular formula is C13H15F3O3. The summed E-state index contributed by atoms with van der Waals surface area (Å²) in [6.07, 6.45) is -6.04. The maximum absolute atomic E-state index is 12.3. The zero-order chi connectivity index (χ0) is 14.8. The number of halogens is 3. The lowest BCUT2D eigenvalue weighted by molar-refractivity contribution is -0.165. The van der Waals surface area contributed by atoms with Crippen molar-refractivity contribution in [3.8, 4) is 0 Å². The third kappa shape index (κ3) is 4.55. The third-order valence-corrected chi connectivity index (χ3v) is 2.18. The molecule has 6 heteroatoms. The van der Waals surface area contributed by atoms with Gasteiger partial charge in [0.1, 0.15) is 5.60 Å². The van der Waals surface area contributed by atoms with Gasteiger partial charge < -0.3 is 9.84 Å². The normalized spacial score (nSPS) is 14.1. The summed E-state index contributed by atoms with van der Waals surface area (Å²) >= 11 is 0. The van der Waals surface area contributed by atoms with E-state index in [-0.39, 0.29) is 5.56 Å². The molecule has 106 valence electrons. The van der Waals surface area contributed by atoms with Crippen LogP contribution in [-0.4, -0.2) is 16.7 Å². The summed E-state index contributed by atoms with van der Waals surface area (Å²) in [7, 11) is 0. The van der Waals surface area contributed by atoms with E-state index in [0.717, 1.165) is 24.3 Å². The van der Waals surface area contributed by atoms with Gasteiger partial charge in [0.2, 0.25) is 0 Å². The number of esters is 1. The second-order valence-corrected chi connectivity index (χ2v) is 5.06. The van der Waals surface area contributed by atoms with E-state index in [1.807, 2.05) is 0 Å². The number of ether oxygens (including phenoxy) is 1. The van der Waals surface area contributed by atoms with E-state index in [1.54, 1.807) is 20.8 Å². The van der Waals surface area contributed by atoms with Gasteiger partial charge >= 0.3 is 12.1 Å². The molecule has 0 aliphatic carbocycles. The monoisotopic (exact) mass is 276 g/mol. The van der Waals surface area contributed by atoms with Crippen LogP contribution in [0.1, 0.15) is 38.0 Å². The predicted molar refractivity (Wildman–Crippen MR) is 62.2 cm³/mol. The number of aliphatic hydroxyl groups excluding tert-OH is 1. The largest absolute Gasteiger partial charge is 0.458 e. The highest BCUT2D eigenvalue weighted by Gasteiger charge is 2.31. The first-order valence-electron chi connectivity index (χ1n) is 5.59. The summed E-state index contributed by atoms with van der Waals surface area (Å²) < 4.78 is 42.0. The molecule has 0 fully saturated rings. The molecule has 1 aromatic rings. The van der Waals surface area contributed by atoms with Gasteiger partial charge in [0, 0.05) is 0 Å². The Labute approximate surface area is 109 Å². The minimum Gasteiger partial charge on any atom is -0.458 e. The molecule has 0 aliphatic rings. The molecule has 0 radical (unpaired) electrons. The van der Waals surface area contributed by atoms with Gasteiger partial charge in [-0.05, 0) is 38.5 Å². The number of hydrogen-bond donors (Lipinski definition) is 1. The van der Waals surface area contributed by atoms with Crippen molar-refractivity contribution >= 4 is 5.97 Å². The van der Waals surface area contributed by atoms with Crippen LogP contribution in [0.3, 0.4) is 0 Å². The van der Waals surface area contributed by atoms with Crippen molar-refractivity contribution in [2.45, 2.75) is 38.7 Å². The molecule has 0 amide bonds. The fourth-order valence-electron chi connectivity index (χ4n) is 1.35. The van der Waals surface area contributed by atoms with Crippen LogP contribution in [-0.2, 0) is 15.7 Å². The fourth-order valence-corrected chi connectivity index (χ4v) is 1.35. The van der Waals surface area contributed by atoms with E-state index in [2.05, 4.69) is 0 Å². The second kappa shape index (κ2) is 5.21. The molecule has 0 unspecified atom stereocenters. The van der Waals surface area contributed by atoms with E-state index in [9.17, 15) is 23.1 Å². The van der Waals surface area contributed by atoms with Gasteiger partial charge in [0.25, 0.3) is 0 Å². The first-order valence-corrected chi connectivity index (χ1v) is 5.59. The summed E-state index contributed by atoms with van der Waals surface area (Å²) in [6.45, 7) is 4.89. The molecular weight excluding hydrogens is 261 g/mol. The number of alkyl halides is 3. The highest BCUT2D eigenvalue weighted by molar-refractivity contribution is 5.76. The van der Waals surface area contributed by atoms with Crippen molar-refractivity contribution in [3.05, 3.63) is 35.4 Å². The molecule has 0 aromatic heterocycles. The summed E-state index contributed by atoms with van der Waals surface area (Å²) in [5.41, 5.74) is -1.56. The molecule has 0 aliphatic heterocycles. The molecule has 0 saturated heterocycles. The van der Waals surface area contributed by atoms with Gasteiger partial charge in [-0.1, -0.05) is 12.1 Å². The Bertz CT molecular complexity index is 444. The van der Waals surface area contributed by atoms with Crippen LogP contribution in [0.2, 0.25) is 0 Å². The lowest BCUT2D eigenvalue weighted by Gasteiger charge is -2.21. The number of benzene rings is 1. The van der Waals surface area contributed by atoms with Gasteiger partial charge in [-0.2, -0.15) is 13.2 Å². The Kier molecular flexibility index (Phi) is 4.25. The number of rotatable bonds is 2. The quantitative estimate of drug-likeness (QED) is 0.844. The maximum atomic E-state index is 12.3. The topological polar surface area (TPSA) is 46.5 Å². The molecule has 0 bridgehead atoms. The van der Waals surface area contributed by atoms with Gasteiger partial charge in [-0.15, -0.1) is 0 Å². The Balaban J connectivity index is 2.84. The number of carbonyl (C=O) groups is 1. The van der Waals surface area contributed by atoms with Crippen LogP contribution >= 0.6 is 0 Å². The molecule has 0 spiro atoms. The Morgan fingerprint density at radius 3 is 2.00 bits per heavy atom. The van der Waals surface area contributed by atoms with E-state index in [1.165, 1.54) is 0 Å². The number of aliphatic hydroxyl groups is 1. The van der Waals surface area contributed by atoms with Gasteiger partial charge in [0.05, 0.1) is 5.56 Å². The molecule has 0 saturated carbocycles. The Morgan fingerprint density at radius 2 is 1.63 bits per heavy atom. The van der Waals surface area contributed by atoms with Crippen molar-refractivity contribution < 1.29 is 27.8 Å². The lowest BCUT2D eigenvalue weighted by atomic mass is 10.1. The van der Waals surface area contributed by atoms with Crippen LogP contribution < -0.4 is 0 Å². The van der Waals surface area contributed by atoms with Crippen molar-refractivity contribution in [2.24, 2.45) is 0 Å². The first kappa shape index (κ1) is 15.5. The molecule has 1 rings (SSSR count). The molecule has 3 nitrogen and oxygen atoms in total. The number of hydrogen-bond acceptors (Lipinski definition) is 3. The highest BCUT2D eigenvalue weighted by Crippen LogP contribution is 2.30. The molecule has 1 N–H and O–H groups in total. The van der Waals surface area contributed by atoms with E-state index in [0.29, 0.717) is 0 Å². The van der Waals surface area contributed by atoms with Crippen molar-refractivity contribution in [3.63, 3.8) is 0 Å². The van der Waals surface area contributed by atoms with E-state index in [4.69, 9.17) is 4.74 Å². The van der Waals surface area contributed by atoms with Gasteiger partial charge in [0.15, 0.2) is 6.10 Å². The smallest absolute Gasteiger partial charge is 0.416 e. The highest BCUT2D eigenvalue weighted by atomic mass is 19.4. The van der Waals surface area contributed by atoms with Crippen LogP contribution in [0.5, 0.6) is 0 Å². The summed E-state index contributed by atoms with van der Waals surface area (Å²) in [4.78, 5) is 11.5. The first-order chi connectivity index (χ1) is 8.50.